The summed E-state index contributed by atoms with van der Waals surface area (Å²) in [5.74, 6) is 0.485. The van der Waals surface area contributed by atoms with Crippen molar-refractivity contribution in [2.75, 3.05) is 0 Å². The van der Waals surface area contributed by atoms with Crippen LogP contribution in [0.4, 0.5) is 0 Å². The quantitative estimate of drug-likeness (QED) is 0.771. The van der Waals surface area contributed by atoms with E-state index in [0.29, 0.717) is 18.9 Å². The molecule has 0 bridgehead atoms. The Morgan fingerprint density at radius 3 is 2.69 bits per heavy atom. The first-order valence-electron chi connectivity index (χ1n) is 5.43. The van der Waals surface area contributed by atoms with Crippen molar-refractivity contribution in [2.24, 2.45) is 0 Å². The maximum Gasteiger partial charge on any atom is 0.320 e. The molecule has 0 saturated carbocycles. The molecule has 2 N–H and O–H groups in total. The number of carbonyl (C=O) groups is 1. The minimum absolute atomic E-state index is 0.353. The third kappa shape index (κ3) is 3.34. The number of aromatic nitrogens is 1. The predicted octanol–water partition coefficient (Wildman–Crippen LogP) is 1.63. The Balaban J connectivity index is 2.51. The highest BCUT2D eigenvalue weighted by atomic mass is 16.4. The Bertz CT molecular complexity index is 341. The zero-order chi connectivity index (χ0) is 12.1. The van der Waals surface area contributed by atoms with Crippen molar-refractivity contribution in [1.82, 2.24) is 10.3 Å². The van der Waals surface area contributed by atoms with Gasteiger partial charge < -0.3 is 9.52 Å². The highest BCUT2D eigenvalue weighted by Gasteiger charge is 2.16. The van der Waals surface area contributed by atoms with E-state index in [-0.39, 0.29) is 0 Å². The van der Waals surface area contributed by atoms with Crippen LogP contribution in [0.1, 0.15) is 37.1 Å². The molecule has 0 aromatic carbocycles. The van der Waals surface area contributed by atoms with Gasteiger partial charge in [0.25, 0.3) is 0 Å². The first-order valence-corrected chi connectivity index (χ1v) is 5.43. The van der Waals surface area contributed by atoms with Crippen LogP contribution in [0.15, 0.2) is 4.42 Å². The first-order chi connectivity index (χ1) is 7.54. The molecule has 0 amide bonds. The van der Waals surface area contributed by atoms with Gasteiger partial charge in [-0.05, 0) is 20.3 Å². The largest absolute Gasteiger partial charge is 0.480 e. The van der Waals surface area contributed by atoms with Crippen molar-refractivity contribution in [1.29, 1.82) is 0 Å². The highest BCUT2D eigenvalue weighted by molar-refractivity contribution is 5.73. The summed E-state index contributed by atoms with van der Waals surface area (Å²) in [7, 11) is 0. The Morgan fingerprint density at radius 1 is 1.56 bits per heavy atom. The molecule has 0 radical (unpaired) electrons. The lowest BCUT2D eigenvalue weighted by atomic mass is 10.2. The molecule has 0 aliphatic rings. The number of hydrogen-bond donors (Lipinski definition) is 2. The fourth-order valence-electron chi connectivity index (χ4n) is 1.43. The van der Waals surface area contributed by atoms with Crippen molar-refractivity contribution >= 4 is 5.97 Å². The SMILES string of the molecule is CCCC(NCc1nc(C)c(C)o1)C(=O)O. The molecule has 0 aliphatic heterocycles. The molecule has 0 fully saturated rings. The fraction of sp³-hybridized carbons (Fsp3) is 0.636. The second-order valence-corrected chi connectivity index (χ2v) is 3.81. The van der Waals surface area contributed by atoms with Gasteiger partial charge in [-0.1, -0.05) is 13.3 Å². The summed E-state index contributed by atoms with van der Waals surface area (Å²) in [5.41, 5.74) is 0.846. The Morgan fingerprint density at radius 2 is 2.25 bits per heavy atom. The maximum atomic E-state index is 10.9. The van der Waals surface area contributed by atoms with Crippen LogP contribution in [0.3, 0.4) is 0 Å². The number of carboxylic acids is 1. The third-order valence-electron chi connectivity index (χ3n) is 2.45. The maximum absolute atomic E-state index is 10.9. The molecule has 0 spiro atoms. The second kappa shape index (κ2) is 5.65. The van der Waals surface area contributed by atoms with Crippen LogP contribution in [0.5, 0.6) is 0 Å². The summed E-state index contributed by atoms with van der Waals surface area (Å²) >= 11 is 0. The van der Waals surface area contributed by atoms with Gasteiger partial charge in [0.05, 0.1) is 12.2 Å². The fourth-order valence-corrected chi connectivity index (χ4v) is 1.43. The lowest BCUT2D eigenvalue weighted by Crippen LogP contribution is -2.36. The van der Waals surface area contributed by atoms with Crippen LogP contribution in [-0.2, 0) is 11.3 Å². The van der Waals surface area contributed by atoms with E-state index in [2.05, 4.69) is 10.3 Å². The molecule has 1 atom stereocenters. The second-order valence-electron chi connectivity index (χ2n) is 3.81. The van der Waals surface area contributed by atoms with Crippen molar-refractivity contribution < 1.29 is 14.3 Å². The smallest absolute Gasteiger partial charge is 0.320 e. The van der Waals surface area contributed by atoms with Gasteiger partial charge in [0.2, 0.25) is 5.89 Å². The molecule has 1 aromatic rings. The van der Waals surface area contributed by atoms with E-state index in [1.54, 1.807) is 0 Å². The monoisotopic (exact) mass is 226 g/mol. The number of rotatable bonds is 6. The summed E-state index contributed by atoms with van der Waals surface area (Å²) in [4.78, 5) is 15.0. The van der Waals surface area contributed by atoms with Gasteiger partial charge in [0, 0.05) is 0 Å². The molecule has 5 nitrogen and oxygen atoms in total. The summed E-state index contributed by atoms with van der Waals surface area (Å²) < 4.78 is 5.36. The molecule has 1 unspecified atom stereocenters. The molecule has 1 rings (SSSR count). The molecule has 1 aromatic heterocycles. The Hall–Kier alpha value is -1.36. The predicted molar refractivity (Wildman–Crippen MR) is 59.1 cm³/mol. The standard InChI is InChI=1S/C11H18N2O3/c1-4-5-9(11(14)15)12-6-10-13-7(2)8(3)16-10/h9,12H,4-6H2,1-3H3,(H,14,15). The van der Waals surface area contributed by atoms with E-state index in [4.69, 9.17) is 9.52 Å². The number of aryl methyl sites for hydroxylation is 2. The molecule has 0 saturated heterocycles. The van der Waals surface area contributed by atoms with Gasteiger partial charge >= 0.3 is 5.97 Å². The Labute approximate surface area is 94.9 Å². The van der Waals surface area contributed by atoms with Gasteiger partial charge in [-0.15, -0.1) is 0 Å². The number of carboxylic acid groups (broad SMARTS) is 1. The van der Waals surface area contributed by atoms with Crippen molar-refractivity contribution in [3.63, 3.8) is 0 Å². The highest BCUT2D eigenvalue weighted by Crippen LogP contribution is 2.08. The lowest BCUT2D eigenvalue weighted by Gasteiger charge is -2.11. The van der Waals surface area contributed by atoms with Gasteiger partial charge in [0.1, 0.15) is 11.8 Å². The lowest BCUT2D eigenvalue weighted by molar-refractivity contribution is -0.139. The topological polar surface area (TPSA) is 75.4 Å². The van der Waals surface area contributed by atoms with Crippen LogP contribution >= 0.6 is 0 Å². The van der Waals surface area contributed by atoms with Crippen LogP contribution < -0.4 is 5.32 Å². The van der Waals surface area contributed by atoms with Crippen LogP contribution in [-0.4, -0.2) is 22.1 Å². The van der Waals surface area contributed by atoms with E-state index in [1.807, 2.05) is 20.8 Å². The first kappa shape index (κ1) is 12.7. The van der Waals surface area contributed by atoms with E-state index in [0.717, 1.165) is 17.9 Å². The van der Waals surface area contributed by atoms with E-state index in [9.17, 15) is 4.79 Å². The number of hydrogen-bond acceptors (Lipinski definition) is 4. The summed E-state index contributed by atoms with van der Waals surface area (Å²) in [6, 6.07) is -0.530. The number of aliphatic carboxylic acids is 1. The Kier molecular flexibility index (Phi) is 4.49. The van der Waals surface area contributed by atoms with E-state index in [1.165, 1.54) is 0 Å². The summed E-state index contributed by atoms with van der Waals surface area (Å²) in [5, 5.41) is 11.8. The number of oxazole rings is 1. The van der Waals surface area contributed by atoms with Gasteiger partial charge in [-0.2, -0.15) is 0 Å². The molecule has 5 heteroatoms. The zero-order valence-electron chi connectivity index (χ0n) is 9.91. The molecular formula is C11H18N2O3. The number of nitrogens with one attached hydrogen (secondary N) is 1. The van der Waals surface area contributed by atoms with Crippen molar-refractivity contribution in [2.45, 2.75) is 46.2 Å². The summed E-state index contributed by atoms with van der Waals surface area (Å²) in [6.45, 7) is 6.01. The van der Waals surface area contributed by atoms with Crippen LogP contribution in [0.2, 0.25) is 0 Å². The van der Waals surface area contributed by atoms with Gasteiger partial charge in [-0.3, -0.25) is 10.1 Å². The third-order valence-corrected chi connectivity index (χ3v) is 2.45. The molecule has 1 heterocycles. The average Bonchev–Trinajstić information content (AvgIpc) is 2.53. The minimum atomic E-state index is -0.832. The molecular weight excluding hydrogens is 208 g/mol. The van der Waals surface area contributed by atoms with Crippen molar-refractivity contribution in [3.8, 4) is 0 Å². The summed E-state index contributed by atoms with van der Waals surface area (Å²) in [6.07, 6.45) is 1.43. The zero-order valence-corrected chi connectivity index (χ0v) is 9.91. The minimum Gasteiger partial charge on any atom is -0.480 e. The molecule has 0 aliphatic carbocycles. The number of nitrogens with zero attached hydrogens (tertiary/aromatic N) is 1. The van der Waals surface area contributed by atoms with E-state index < -0.39 is 12.0 Å². The van der Waals surface area contributed by atoms with Gasteiger partial charge in [0.15, 0.2) is 0 Å². The molecule has 16 heavy (non-hydrogen) atoms. The van der Waals surface area contributed by atoms with Gasteiger partial charge in [-0.25, -0.2) is 4.98 Å². The van der Waals surface area contributed by atoms with Crippen LogP contribution in [0.25, 0.3) is 0 Å². The van der Waals surface area contributed by atoms with E-state index >= 15 is 0 Å². The average molecular weight is 226 g/mol. The molecule has 90 valence electrons. The van der Waals surface area contributed by atoms with Crippen LogP contribution in [0, 0.1) is 13.8 Å². The normalized spacial score (nSPS) is 12.7. The van der Waals surface area contributed by atoms with Crippen molar-refractivity contribution in [3.05, 3.63) is 17.3 Å².